The summed E-state index contributed by atoms with van der Waals surface area (Å²) in [7, 11) is 0. The van der Waals surface area contributed by atoms with Gasteiger partial charge in [-0.25, -0.2) is 0 Å². The van der Waals surface area contributed by atoms with Gasteiger partial charge >= 0.3 is 0 Å². The van der Waals surface area contributed by atoms with Crippen molar-refractivity contribution in [2.75, 3.05) is 6.54 Å². The second-order valence-corrected chi connectivity index (χ2v) is 7.03. The first-order valence-corrected chi connectivity index (χ1v) is 7.77. The Hall–Kier alpha value is -1.67. The molecule has 0 atom stereocenters. The lowest BCUT2D eigenvalue weighted by atomic mass is 9.86. The molecule has 0 N–H and O–H groups in total. The maximum atomic E-state index is 4.70. The van der Waals surface area contributed by atoms with E-state index < -0.39 is 0 Å². The predicted octanol–water partition coefficient (Wildman–Crippen LogP) is 3.94. The van der Waals surface area contributed by atoms with Crippen LogP contribution in [0.1, 0.15) is 43.2 Å². The largest absolute Gasteiger partial charge is 0.294 e. The molecule has 110 valence electrons. The second kappa shape index (κ2) is 5.61. The van der Waals surface area contributed by atoms with Crippen molar-refractivity contribution >= 4 is 0 Å². The van der Waals surface area contributed by atoms with Gasteiger partial charge in [0.25, 0.3) is 0 Å². The Labute approximate surface area is 127 Å². The van der Waals surface area contributed by atoms with Crippen LogP contribution in [0.4, 0.5) is 0 Å². The molecule has 21 heavy (non-hydrogen) atoms. The minimum absolute atomic E-state index is 0.170. The number of nitrogens with zero attached hydrogens (tertiary/aromatic N) is 2. The normalized spacial score (nSPS) is 15.8. The summed E-state index contributed by atoms with van der Waals surface area (Å²) in [5.74, 6) is 0. The predicted molar refractivity (Wildman–Crippen MR) is 87.2 cm³/mol. The van der Waals surface area contributed by atoms with Gasteiger partial charge in [-0.3, -0.25) is 9.88 Å². The van der Waals surface area contributed by atoms with Crippen molar-refractivity contribution in [1.82, 2.24) is 9.88 Å². The number of pyridine rings is 1. The van der Waals surface area contributed by atoms with Gasteiger partial charge in [-0.2, -0.15) is 0 Å². The molecule has 0 bridgehead atoms. The van der Waals surface area contributed by atoms with Crippen LogP contribution in [0.25, 0.3) is 0 Å². The van der Waals surface area contributed by atoms with Crippen molar-refractivity contribution in [2.24, 2.45) is 0 Å². The van der Waals surface area contributed by atoms with E-state index in [1.807, 2.05) is 0 Å². The van der Waals surface area contributed by atoms with E-state index in [2.05, 4.69) is 68.3 Å². The molecule has 2 heteroatoms. The number of fused-ring (bicyclic) bond motifs is 1. The third-order valence-corrected chi connectivity index (χ3v) is 4.23. The molecule has 2 heterocycles. The summed E-state index contributed by atoms with van der Waals surface area (Å²) in [6.45, 7) is 9.90. The van der Waals surface area contributed by atoms with Crippen LogP contribution >= 0.6 is 0 Å². The van der Waals surface area contributed by atoms with E-state index in [0.717, 1.165) is 26.1 Å². The molecule has 0 saturated carbocycles. The molecule has 0 spiro atoms. The first kappa shape index (κ1) is 14.3. The molecule has 1 aliphatic rings. The van der Waals surface area contributed by atoms with E-state index in [0.29, 0.717) is 0 Å². The third-order valence-electron chi connectivity index (χ3n) is 4.23. The molecule has 2 aromatic rings. The molecular weight excluding hydrogens is 256 g/mol. The summed E-state index contributed by atoms with van der Waals surface area (Å²) in [6.07, 6.45) is 3.12. The average molecular weight is 280 g/mol. The summed E-state index contributed by atoms with van der Waals surface area (Å²) in [5, 5.41) is 0. The van der Waals surface area contributed by atoms with Gasteiger partial charge in [0.05, 0.1) is 0 Å². The van der Waals surface area contributed by atoms with Gasteiger partial charge in [0.2, 0.25) is 0 Å². The highest BCUT2D eigenvalue weighted by molar-refractivity contribution is 5.31. The van der Waals surface area contributed by atoms with E-state index in [1.54, 1.807) is 0 Å². The number of hydrogen-bond acceptors (Lipinski definition) is 2. The highest BCUT2D eigenvalue weighted by Crippen LogP contribution is 2.26. The van der Waals surface area contributed by atoms with Gasteiger partial charge in [-0.1, -0.05) is 57.2 Å². The van der Waals surface area contributed by atoms with Gasteiger partial charge < -0.3 is 0 Å². The van der Waals surface area contributed by atoms with Crippen LogP contribution in [0, 0.1) is 0 Å². The summed E-state index contributed by atoms with van der Waals surface area (Å²) in [5.41, 5.74) is 5.59. The Balaban J connectivity index is 1.78. The Morgan fingerprint density at radius 2 is 1.90 bits per heavy atom. The molecular formula is C19H24N2. The van der Waals surface area contributed by atoms with E-state index in [4.69, 9.17) is 4.98 Å². The highest BCUT2D eigenvalue weighted by Gasteiger charge is 2.21. The topological polar surface area (TPSA) is 16.1 Å². The summed E-state index contributed by atoms with van der Waals surface area (Å²) >= 11 is 0. The zero-order chi connectivity index (χ0) is 14.9. The third kappa shape index (κ3) is 3.33. The van der Waals surface area contributed by atoms with E-state index in [-0.39, 0.29) is 5.41 Å². The fourth-order valence-corrected chi connectivity index (χ4v) is 2.87. The van der Waals surface area contributed by atoms with Gasteiger partial charge in [-0.05, 0) is 22.1 Å². The Kier molecular flexibility index (Phi) is 3.81. The van der Waals surface area contributed by atoms with Gasteiger partial charge in [0.1, 0.15) is 0 Å². The molecule has 0 fully saturated rings. The Morgan fingerprint density at radius 1 is 1.14 bits per heavy atom. The number of rotatable bonds is 2. The van der Waals surface area contributed by atoms with Gasteiger partial charge in [0, 0.05) is 37.9 Å². The van der Waals surface area contributed by atoms with Crippen molar-refractivity contribution in [3.05, 3.63) is 65.0 Å². The number of hydrogen-bond donors (Lipinski definition) is 0. The summed E-state index contributed by atoms with van der Waals surface area (Å²) < 4.78 is 0. The standard InChI is InChI=1S/C19H24N2/c1-19(2,3)17-11-16-14-21(10-9-18(16)20-12-17)13-15-7-5-4-6-8-15/h4-8,11-12H,9-10,13-14H2,1-3H3. The monoisotopic (exact) mass is 280 g/mol. The van der Waals surface area contributed by atoms with E-state index in [9.17, 15) is 0 Å². The van der Waals surface area contributed by atoms with Crippen LogP contribution in [-0.4, -0.2) is 16.4 Å². The van der Waals surface area contributed by atoms with Crippen molar-refractivity contribution in [2.45, 2.75) is 45.7 Å². The minimum Gasteiger partial charge on any atom is -0.294 e. The van der Waals surface area contributed by atoms with Crippen LogP contribution < -0.4 is 0 Å². The van der Waals surface area contributed by atoms with Crippen LogP contribution in [0.2, 0.25) is 0 Å². The van der Waals surface area contributed by atoms with Crippen molar-refractivity contribution in [3.63, 3.8) is 0 Å². The molecule has 2 nitrogen and oxygen atoms in total. The molecule has 1 aromatic heterocycles. The summed E-state index contributed by atoms with van der Waals surface area (Å²) in [4.78, 5) is 7.22. The molecule has 0 aliphatic carbocycles. The lowest BCUT2D eigenvalue weighted by molar-refractivity contribution is 0.243. The fraction of sp³-hybridized carbons (Fsp3) is 0.421. The quantitative estimate of drug-likeness (QED) is 0.828. The van der Waals surface area contributed by atoms with Crippen molar-refractivity contribution in [3.8, 4) is 0 Å². The Bertz CT molecular complexity index is 611. The first-order chi connectivity index (χ1) is 10.0. The van der Waals surface area contributed by atoms with Crippen LogP contribution in [0.5, 0.6) is 0 Å². The zero-order valence-electron chi connectivity index (χ0n) is 13.3. The second-order valence-electron chi connectivity index (χ2n) is 7.03. The van der Waals surface area contributed by atoms with Gasteiger partial charge in [-0.15, -0.1) is 0 Å². The Morgan fingerprint density at radius 3 is 2.62 bits per heavy atom. The van der Waals surface area contributed by atoms with E-state index in [1.165, 1.54) is 22.4 Å². The molecule has 0 saturated heterocycles. The summed E-state index contributed by atoms with van der Waals surface area (Å²) in [6, 6.07) is 13.1. The SMILES string of the molecule is CC(C)(C)c1cnc2c(c1)CN(Cc1ccccc1)CC2. The number of benzene rings is 1. The maximum Gasteiger partial charge on any atom is 0.0461 e. The minimum atomic E-state index is 0.170. The van der Waals surface area contributed by atoms with Gasteiger partial charge in [0.15, 0.2) is 0 Å². The van der Waals surface area contributed by atoms with Crippen LogP contribution in [0.15, 0.2) is 42.6 Å². The molecule has 1 aromatic carbocycles. The fourth-order valence-electron chi connectivity index (χ4n) is 2.87. The number of aromatic nitrogens is 1. The average Bonchev–Trinajstić information content (AvgIpc) is 2.46. The first-order valence-electron chi connectivity index (χ1n) is 7.77. The smallest absolute Gasteiger partial charge is 0.0461 e. The van der Waals surface area contributed by atoms with Crippen molar-refractivity contribution < 1.29 is 0 Å². The molecule has 0 unspecified atom stereocenters. The van der Waals surface area contributed by atoms with Crippen LogP contribution in [0.3, 0.4) is 0 Å². The van der Waals surface area contributed by atoms with Crippen molar-refractivity contribution in [1.29, 1.82) is 0 Å². The molecule has 0 radical (unpaired) electrons. The molecule has 1 aliphatic heterocycles. The lowest BCUT2D eigenvalue weighted by Gasteiger charge is -2.29. The van der Waals surface area contributed by atoms with E-state index >= 15 is 0 Å². The van der Waals surface area contributed by atoms with Crippen LogP contribution in [-0.2, 0) is 24.9 Å². The lowest BCUT2D eigenvalue weighted by Crippen LogP contribution is -2.31. The highest BCUT2D eigenvalue weighted by atomic mass is 15.1. The maximum absolute atomic E-state index is 4.70. The molecule has 3 rings (SSSR count). The molecule has 0 amide bonds. The zero-order valence-corrected chi connectivity index (χ0v) is 13.3.